The van der Waals surface area contributed by atoms with E-state index in [2.05, 4.69) is 270 Å². The van der Waals surface area contributed by atoms with Crippen molar-refractivity contribution >= 4 is 17.1 Å². The molecular weight excluding hydrogens is 831 g/mol. The van der Waals surface area contributed by atoms with Gasteiger partial charge in [-0.2, -0.15) is 0 Å². The van der Waals surface area contributed by atoms with Crippen molar-refractivity contribution in [3.63, 3.8) is 0 Å². The van der Waals surface area contributed by atoms with Gasteiger partial charge in [0.1, 0.15) is 0 Å². The Bertz CT molecular complexity index is 3670. The molecule has 69 heavy (non-hydrogen) atoms. The van der Waals surface area contributed by atoms with Gasteiger partial charge < -0.3 is 4.90 Å². The van der Waals surface area contributed by atoms with Gasteiger partial charge in [-0.1, -0.05) is 222 Å². The molecule has 1 atom stereocenters. The quantitative estimate of drug-likeness (QED) is 0.154. The third-order valence-electron chi connectivity index (χ3n) is 16.2. The Kier molecular flexibility index (Phi) is 9.11. The minimum atomic E-state index is -0.225. The van der Waals surface area contributed by atoms with Crippen molar-refractivity contribution in [3.8, 4) is 66.8 Å². The van der Waals surface area contributed by atoms with Crippen LogP contribution in [0.4, 0.5) is 17.1 Å². The van der Waals surface area contributed by atoms with Gasteiger partial charge in [0.15, 0.2) is 0 Å². The Hall–Kier alpha value is -8.00. The maximum absolute atomic E-state index is 2.47. The average Bonchev–Trinajstić information content (AvgIpc) is 3.91. The molecule has 0 radical (unpaired) electrons. The van der Waals surface area contributed by atoms with Crippen LogP contribution in [0.15, 0.2) is 231 Å². The van der Waals surface area contributed by atoms with Crippen molar-refractivity contribution in [2.24, 2.45) is 0 Å². The van der Waals surface area contributed by atoms with Gasteiger partial charge in [-0.05, 0) is 143 Å². The SMILES string of the molecule is CC1(C)c2ccccc2-c2c(-c3ccccc3N(c3ccc(-c4ccc5c(c4)-c4ccccc4C5(C)c4ccccc4)cc3)c3ccc(-c4cccc5c4C(C)(C)c4ccccc4-5)cc3)cccc21. The Morgan fingerprint density at radius 3 is 1.48 bits per heavy atom. The summed E-state index contributed by atoms with van der Waals surface area (Å²) in [5.74, 6) is 0. The Morgan fingerprint density at radius 2 is 0.768 bits per heavy atom. The molecule has 0 spiro atoms. The van der Waals surface area contributed by atoms with Gasteiger partial charge in [0, 0.05) is 33.2 Å². The van der Waals surface area contributed by atoms with Crippen LogP contribution in [0.1, 0.15) is 73.6 Å². The van der Waals surface area contributed by atoms with E-state index in [9.17, 15) is 0 Å². The van der Waals surface area contributed by atoms with E-state index in [1.54, 1.807) is 0 Å². The molecular formula is C68H53N. The molecule has 0 heterocycles. The number of rotatable bonds is 7. The fourth-order valence-electron chi connectivity index (χ4n) is 12.7. The lowest BCUT2D eigenvalue weighted by Crippen LogP contribution is -2.22. The smallest absolute Gasteiger partial charge is 0.0540 e. The van der Waals surface area contributed by atoms with Crippen molar-refractivity contribution < 1.29 is 0 Å². The molecule has 1 heteroatoms. The molecule has 0 saturated heterocycles. The summed E-state index contributed by atoms with van der Waals surface area (Å²) in [4.78, 5) is 2.47. The van der Waals surface area contributed by atoms with E-state index in [0.29, 0.717) is 0 Å². The standard InChI is InChI=1S/C68H53N/c1-66(2)59-29-14-11-24-56(59)64-54(26-18-31-62(64)66)53-23-12-16-32-63(53)69(49-40-35-45(36-41-49)50-25-17-27-55-51-21-9-13-28-58(51)67(3,4)65(50)55)48-38-33-44(34-39-48)46-37-42-61-57(43-46)52-22-10-15-30-60(52)68(61,5)47-19-7-6-8-20-47/h6-43H,1-5H3. The highest BCUT2D eigenvalue weighted by molar-refractivity contribution is 5.99. The highest BCUT2D eigenvalue weighted by Gasteiger charge is 2.41. The second kappa shape index (κ2) is 15.3. The molecule has 330 valence electrons. The second-order valence-corrected chi connectivity index (χ2v) is 20.5. The topological polar surface area (TPSA) is 3.24 Å². The van der Waals surface area contributed by atoms with Crippen molar-refractivity contribution in [3.05, 3.63) is 269 Å². The number of fused-ring (bicyclic) bond motifs is 9. The average molecular weight is 884 g/mol. The van der Waals surface area contributed by atoms with Crippen molar-refractivity contribution in [1.82, 2.24) is 0 Å². The Labute approximate surface area is 407 Å². The number of benzene rings is 10. The molecule has 0 amide bonds. The van der Waals surface area contributed by atoms with Gasteiger partial charge in [-0.3, -0.25) is 0 Å². The van der Waals surface area contributed by atoms with Gasteiger partial charge in [-0.25, -0.2) is 0 Å². The largest absolute Gasteiger partial charge is 0.310 e. The van der Waals surface area contributed by atoms with Crippen LogP contribution in [0.5, 0.6) is 0 Å². The highest BCUT2D eigenvalue weighted by Crippen LogP contribution is 2.56. The summed E-state index contributed by atoms with van der Waals surface area (Å²) >= 11 is 0. The third-order valence-corrected chi connectivity index (χ3v) is 16.2. The summed E-state index contributed by atoms with van der Waals surface area (Å²) in [6.07, 6.45) is 0. The number of para-hydroxylation sites is 1. The summed E-state index contributed by atoms with van der Waals surface area (Å²) in [6.45, 7) is 11.9. The van der Waals surface area contributed by atoms with Crippen LogP contribution >= 0.6 is 0 Å². The normalized spacial score (nSPS) is 16.2. The molecule has 1 unspecified atom stereocenters. The van der Waals surface area contributed by atoms with E-state index in [1.165, 1.54) is 106 Å². The Morgan fingerprint density at radius 1 is 0.290 bits per heavy atom. The molecule has 3 aliphatic rings. The van der Waals surface area contributed by atoms with Crippen LogP contribution in [0.3, 0.4) is 0 Å². The van der Waals surface area contributed by atoms with E-state index in [4.69, 9.17) is 0 Å². The lowest BCUT2D eigenvalue weighted by molar-refractivity contribution is 0.660. The van der Waals surface area contributed by atoms with Crippen LogP contribution < -0.4 is 4.90 Å². The first-order valence-corrected chi connectivity index (χ1v) is 24.5. The van der Waals surface area contributed by atoms with E-state index >= 15 is 0 Å². The lowest BCUT2D eigenvalue weighted by Gasteiger charge is -2.29. The summed E-state index contributed by atoms with van der Waals surface area (Å²) in [6, 6.07) is 86.2. The fourth-order valence-corrected chi connectivity index (χ4v) is 12.7. The minimum Gasteiger partial charge on any atom is -0.310 e. The molecule has 1 nitrogen and oxygen atoms in total. The molecule has 0 aromatic heterocycles. The number of hydrogen-bond acceptors (Lipinski definition) is 1. The monoisotopic (exact) mass is 883 g/mol. The molecule has 10 aromatic carbocycles. The molecule has 0 saturated carbocycles. The van der Waals surface area contributed by atoms with E-state index in [1.807, 2.05) is 0 Å². The second-order valence-electron chi connectivity index (χ2n) is 20.5. The zero-order valence-corrected chi connectivity index (χ0v) is 39.9. The summed E-state index contributed by atoms with van der Waals surface area (Å²) < 4.78 is 0. The highest BCUT2D eigenvalue weighted by atomic mass is 15.1. The maximum Gasteiger partial charge on any atom is 0.0540 e. The van der Waals surface area contributed by atoms with Gasteiger partial charge in [0.2, 0.25) is 0 Å². The maximum atomic E-state index is 2.47. The predicted molar refractivity (Wildman–Crippen MR) is 290 cm³/mol. The number of anilines is 3. The van der Waals surface area contributed by atoms with E-state index in [0.717, 1.165) is 17.1 Å². The van der Waals surface area contributed by atoms with E-state index < -0.39 is 0 Å². The molecule has 3 aliphatic carbocycles. The molecule has 0 N–H and O–H groups in total. The van der Waals surface area contributed by atoms with Gasteiger partial charge in [0.25, 0.3) is 0 Å². The van der Waals surface area contributed by atoms with Crippen molar-refractivity contribution in [2.45, 2.75) is 50.9 Å². The summed E-state index contributed by atoms with van der Waals surface area (Å²) in [5.41, 5.74) is 27.8. The predicted octanol–water partition coefficient (Wildman–Crippen LogP) is 18.1. The zero-order valence-electron chi connectivity index (χ0n) is 39.9. The third kappa shape index (κ3) is 6.03. The molecule has 13 rings (SSSR count). The van der Waals surface area contributed by atoms with Gasteiger partial charge in [-0.15, -0.1) is 0 Å². The first-order valence-electron chi connectivity index (χ1n) is 24.5. The van der Waals surface area contributed by atoms with E-state index in [-0.39, 0.29) is 16.2 Å². The van der Waals surface area contributed by atoms with Crippen LogP contribution in [-0.2, 0) is 16.2 Å². The molecule has 10 aromatic rings. The first kappa shape index (κ1) is 41.2. The minimum absolute atomic E-state index is 0.102. The van der Waals surface area contributed by atoms with Crippen LogP contribution in [0.25, 0.3) is 66.8 Å². The van der Waals surface area contributed by atoms with Crippen molar-refractivity contribution in [1.29, 1.82) is 0 Å². The van der Waals surface area contributed by atoms with Gasteiger partial charge >= 0.3 is 0 Å². The number of nitrogens with zero attached hydrogens (tertiary/aromatic N) is 1. The number of hydrogen-bond donors (Lipinski definition) is 0. The van der Waals surface area contributed by atoms with Crippen molar-refractivity contribution in [2.75, 3.05) is 4.90 Å². The fraction of sp³-hybridized carbons (Fsp3) is 0.118. The first-order chi connectivity index (χ1) is 33.6. The van der Waals surface area contributed by atoms with Gasteiger partial charge in [0.05, 0.1) is 5.69 Å². The zero-order chi connectivity index (χ0) is 46.6. The van der Waals surface area contributed by atoms with Crippen LogP contribution in [-0.4, -0.2) is 0 Å². The summed E-state index contributed by atoms with van der Waals surface area (Å²) in [5, 5.41) is 0. The molecule has 0 fully saturated rings. The molecule has 0 aliphatic heterocycles. The van der Waals surface area contributed by atoms with Crippen LogP contribution in [0.2, 0.25) is 0 Å². The van der Waals surface area contributed by atoms with Crippen LogP contribution in [0, 0.1) is 0 Å². The lowest BCUT2D eigenvalue weighted by atomic mass is 9.74. The Balaban J connectivity index is 0.944. The summed E-state index contributed by atoms with van der Waals surface area (Å²) in [7, 11) is 0. The molecule has 0 bridgehead atoms.